The lowest BCUT2D eigenvalue weighted by Gasteiger charge is -2.39. The third-order valence-electron chi connectivity index (χ3n) is 8.26. The fraction of sp³-hybridized carbons (Fsp3) is 0.212. The highest BCUT2D eigenvalue weighted by Gasteiger charge is 2.27. The molecule has 12 nitrogen and oxygen atoms in total. The van der Waals surface area contributed by atoms with Gasteiger partial charge in [0.05, 0.1) is 22.4 Å². The molecule has 0 radical (unpaired) electrons. The number of anilines is 3. The van der Waals surface area contributed by atoms with Crippen LogP contribution in [0.4, 0.5) is 22.4 Å². The molecule has 45 heavy (non-hydrogen) atoms. The summed E-state index contributed by atoms with van der Waals surface area (Å²) in [5.74, 6) is 1.47. The van der Waals surface area contributed by atoms with Gasteiger partial charge < -0.3 is 21.3 Å². The molecule has 7 rings (SSSR count). The van der Waals surface area contributed by atoms with Crippen LogP contribution in [0.2, 0.25) is 0 Å². The number of carbonyl (C=O) groups excluding carboxylic acids is 1. The summed E-state index contributed by atoms with van der Waals surface area (Å²) in [7, 11) is 2.11. The van der Waals surface area contributed by atoms with Crippen molar-refractivity contribution in [2.45, 2.75) is 12.5 Å². The predicted molar refractivity (Wildman–Crippen MR) is 176 cm³/mol. The van der Waals surface area contributed by atoms with Gasteiger partial charge in [-0.25, -0.2) is 24.7 Å². The van der Waals surface area contributed by atoms with Crippen LogP contribution in [-0.2, 0) is 0 Å². The molecule has 2 amide bonds. The van der Waals surface area contributed by atoms with Crippen LogP contribution in [0.25, 0.3) is 38.9 Å². The zero-order valence-electron chi connectivity index (χ0n) is 24.8. The zero-order valence-corrected chi connectivity index (χ0v) is 24.8. The Hall–Kier alpha value is -5.62. The van der Waals surface area contributed by atoms with Gasteiger partial charge in [-0.2, -0.15) is 4.98 Å². The average molecular weight is 600 g/mol. The molecule has 1 aliphatic heterocycles. The lowest BCUT2D eigenvalue weighted by molar-refractivity contribution is 0.113. The first-order valence-electron chi connectivity index (χ1n) is 14.9. The van der Waals surface area contributed by atoms with E-state index in [1.54, 1.807) is 18.7 Å². The third-order valence-corrected chi connectivity index (χ3v) is 8.26. The Bertz CT molecular complexity index is 1990. The monoisotopic (exact) mass is 599 g/mol. The van der Waals surface area contributed by atoms with Crippen molar-refractivity contribution in [1.29, 1.82) is 0 Å². The Morgan fingerprint density at radius 3 is 2.73 bits per heavy atom. The van der Waals surface area contributed by atoms with Gasteiger partial charge in [-0.1, -0.05) is 42.5 Å². The summed E-state index contributed by atoms with van der Waals surface area (Å²) in [6.45, 7) is 2.78. The Kier molecular flexibility index (Phi) is 7.62. The maximum Gasteiger partial charge on any atom is 0.321 e. The smallest absolute Gasteiger partial charge is 0.321 e. The molecule has 3 aromatic carbocycles. The second-order valence-electron chi connectivity index (χ2n) is 11.1. The van der Waals surface area contributed by atoms with E-state index in [0.29, 0.717) is 31.4 Å². The minimum atomic E-state index is -0.0747. The highest BCUT2D eigenvalue weighted by molar-refractivity contribution is 6.01. The minimum absolute atomic E-state index is 0.0747. The number of imidazole rings is 1. The molecule has 0 bridgehead atoms. The highest BCUT2D eigenvalue weighted by atomic mass is 16.2. The van der Waals surface area contributed by atoms with Gasteiger partial charge in [0.15, 0.2) is 0 Å². The molecule has 0 saturated carbocycles. The first kappa shape index (κ1) is 28.2. The van der Waals surface area contributed by atoms with Gasteiger partial charge in [0.25, 0.3) is 0 Å². The largest absolute Gasteiger partial charge is 0.368 e. The summed E-state index contributed by atoms with van der Waals surface area (Å²) in [6, 6.07) is 23.8. The molecule has 1 unspecified atom stereocenters. The van der Waals surface area contributed by atoms with E-state index in [-0.39, 0.29) is 18.0 Å². The van der Waals surface area contributed by atoms with Crippen molar-refractivity contribution in [3.63, 3.8) is 0 Å². The van der Waals surface area contributed by atoms with Crippen LogP contribution >= 0.6 is 0 Å². The molecular formula is C33H33N11O. The lowest BCUT2D eigenvalue weighted by atomic mass is 10.1. The number of aromatic nitrogens is 6. The average Bonchev–Trinajstić information content (AvgIpc) is 3.49. The molecule has 4 heterocycles. The summed E-state index contributed by atoms with van der Waals surface area (Å²) in [5.41, 5.74) is 9.96. The number of carbonyl (C=O) groups is 1. The summed E-state index contributed by atoms with van der Waals surface area (Å²) >= 11 is 0. The Morgan fingerprint density at radius 1 is 0.956 bits per heavy atom. The number of hydrogen-bond acceptors (Lipinski definition) is 9. The molecular weight excluding hydrogens is 566 g/mol. The fourth-order valence-corrected chi connectivity index (χ4v) is 5.78. The molecule has 1 atom stereocenters. The quantitative estimate of drug-likeness (QED) is 0.239. The van der Waals surface area contributed by atoms with Crippen molar-refractivity contribution in [2.24, 2.45) is 0 Å². The van der Waals surface area contributed by atoms with E-state index in [1.165, 1.54) is 0 Å². The van der Waals surface area contributed by atoms with Gasteiger partial charge in [-0.3, -0.25) is 9.47 Å². The van der Waals surface area contributed by atoms with E-state index in [2.05, 4.69) is 54.6 Å². The Morgan fingerprint density at radius 2 is 1.82 bits per heavy atom. The molecule has 1 saturated heterocycles. The normalized spacial score (nSPS) is 15.4. The van der Waals surface area contributed by atoms with Gasteiger partial charge in [-0.05, 0) is 49.2 Å². The van der Waals surface area contributed by atoms with E-state index < -0.39 is 0 Å². The van der Waals surface area contributed by atoms with Crippen LogP contribution in [0.5, 0.6) is 0 Å². The standard InChI is InChI=1S/C33H33N11O/c1-42-17-18-43(33(45)40-27-8-4-6-22-5-2-3-7-25(22)27)20-24(42)11-14-36-32-37-16-13-30(41-32)44-21-38-28-19-23(9-10-29(28)44)26-12-15-35-31(34)39-26/h2-10,12-13,15-16,19,21,24H,11,14,17-18,20H2,1H3,(H,40,45)(H2,34,35,39)(H,36,37,41). The van der Waals surface area contributed by atoms with E-state index >= 15 is 0 Å². The topological polar surface area (TPSA) is 143 Å². The van der Waals surface area contributed by atoms with E-state index in [9.17, 15) is 4.79 Å². The van der Waals surface area contributed by atoms with Gasteiger partial charge in [-0.15, -0.1) is 0 Å². The second kappa shape index (κ2) is 12.2. The van der Waals surface area contributed by atoms with Crippen LogP contribution in [-0.4, -0.2) is 84.6 Å². The zero-order chi connectivity index (χ0) is 30.8. The molecule has 0 spiro atoms. The summed E-state index contributed by atoms with van der Waals surface area (Å²) in [4.78, 5) is 39.5. The third kappa shape index (κ3) is 5.95. The van der Waals surface area contributed by atoms with E-state index in [4.69, 9.17) is 10.7 Å². The summed E-state index contributed by atoms with van der Waals surface area (Å²) in [6.07, 6.45) is 5.96. The van der Waals surface area contributed by atoms with E-state index in [0.717, 1.165) is 51.7 Å². The van der Waals surface area contributed by atoms with Crippen molar-refractivity contribution >= 4 is 45.4 Å². The van der Waals surface area contributed by atoms with Gasteiger partial charge >= 0.3 is 6.03 Å². The van der Waals surface area contributed by atoms with Crippen LogP contribution < -0.4 is 16.4 Å². The van der Waals surface area contributed by atoms with Crippen molar-refractivity contribution in [1.82, 2.24) is 39.3 Å². The fourth-order valence-electron chi connectivity index (χ4n) is 5.78. The molecule has 4 N–H and O–H groups in total. The molecule has 12 heteroatoms. The van der Waals surface area contributed by atoms with Crippen LogP contribution in [0.1, 0.15) is 6.42 Å². The maximum absolute atomic E-state index is 13.2. The Labute approximate surface area is 260 Å². The predicted octanol–water partition coefficient (Wildman–Crippen LogP) is 4.66. The molecule has 1 aliphatic rings. The van der Waals surface area contributed by atoms with Crippen LogP contribution in [0.3, 0.4) is 0 Å². The minimum Gasteiger partial charge on any atom is -0.368 e. The van der Waals surface area contributed by atoms with E-state index in [1.807, 2.05) is 70.1 Å². The summed E-state index contributed by atoms with van der Waals surface area (Å²) < 4.78 is 1.93. The Balaban J connectivity index is 0.986. The molecule has 6 aromatic rings. The number of fused-ring (bicyclic) bond motifs is 2. The number of likely N-dealkylation sites (N-methyl/N-ethyl adjacent to an activating group) is 1. The van der Waals surface area contributed by atoms with Crippen molar-refractivity contribution < 1.29 is 4.79 Å². The lowest BCUT2D eigenvalue weighted by Crippen LogP contribution is -2.54. The number of amides is 2. The number of urea groups is 1. The molecule has 0 aliphatic carbocycles. The number of nitrogen functional groups attached to an aromatic ring is 1. The van der Waals surface area contributed by atoms with Crippen LogP contribution in [0.15, 0.2) is 91.5 Å². The molecule has 226 valence electrons. The second-order valence-corrected chi connectivity index (χ2v) is 11.1. The van der Waals surface area contributed by atoms with Crippen molar-refractivity contribution in [3.05, 3.63) is 91.5 Å². The number of piperazine rings is 1. The first-order chi connectivity index (χ1) is 22.0. The summed E-state index contributed by atoms with van der Waals surface area (Å²) in [5, 5.41) is 8.64. The van der Waals surface area contributed by atoms with Gasteiger partial charge in [0.2, 0.25) is 11.9 Å². The SMILES string of the molecule is CN1CCN(C(=O)Nc2cccc3ccccc23)CC1CCNc1nccc(-n2cnc3cc(-c4ccnc(N)n4)ccc32)n1. The van der Waals surface area contributed by atoms with Gasteiger partial charge in [0, 0.05) is 55.6 Å². The number of benzene rings is 3. The number of nitrogens with two attached hydrogens (primary N) is 1. The number of nitrogens with one attached hydrogen (secondary N) is 2. The molecule has 1 fully saturated rings. The number of rotatable bonds is 7. The molecule has 3 aromatic heterocycles. The number of hydrogen-bond donors (Lipinski definition) is 3. The van der Waals surface area contributed by atoms with Gasteiger partial charge in [0.1, 0.15) is 12.1 Å². The number of nitrogens with zero attached hydrogens (tertiary/aromatic N) is 8. The van der Waals surface area contributed by atoms with Crippen LogP contribution in [0, 0.1) is 0 Å². The van der Waals surface area contributed by atoms with Crippen molar-refractivity contribution in [2.75, 3.05) is 49.6 Å². The maximum atomic E-state index is 13.2. The first-order valence-corrected chi connectivity index (χ1v) is 14.9. The van der Waals surface area contributed by atoms with Crippen molar-refractivity contribution in [3.8, 4) is 17.1 Å². The highest BCUT2D eigenvalue weighted by Crippen LogP contribution is 2.25.